The first-order valence-electron chi connectivity index (χ1n) is 9.54. The molecule has 3 aromatic rings. The van der Waals surface area contributed by atoms with E-state index in [1.807, 2.05) is 36.4 Å². The average molecular weight is 376 g/mol. The molecule has 0 spiro atoms. The van der Waals surface area contributed by atoms with Crippen LogP contribution in [0.2, 0.25) is 0 Å². The van der Waals surface area contributed by atoms with Gasteiger partial charge in [-0.25, -0.2) is 4.79 Å². The lowest BCUT2D eigenvalue weighted by Gasteiger charge is -2.33. The van der Waals surface area contributed by atoms with Gasteiger partial charge in [-0.3, -0.25) is 9.88 Å². The monoisotopic (exact) mass is 376 g/mol. The number of ether oxygens (including phenoxy) is 1. The maximum atomic E-state index is 12.4. The maximum absolute atomic E-state index is 12.4. The zero-order valence-electron chi connectivity index (χ0n) is 15.7. The summed E-state index contributed by atoms with van der Waals surface area (Å²) in [7, 11) is 0. The van der Waals surface area contributed by atoms with Crippen LogP contribution in [0.25, 0.3) is 10.9 Å². The predicted molar refractivity (Wildman–Crippen MR) is 110 cm³/mol. The number of anilines is 1. The molecule has 0 saturated carbocycles. The number of urea groups is 1. The third kappa shape index (κ3) is 4.65. The van der Waals surface area contributed by atoms with Gasteiger partial charge in [0.1, 0.15) is 0 Å². The second-order valence-corrected chi connectivity index (χ2v) is 6.93. The van der Waals surface area contributed by atoms with Crippen LogP contribution in [0.5, 0.6) is 0 Å². The van der Waals surface area contributed by atoms with Crippen LogP contribution < -0.4 is 10.6 Å². The van der Waals surface area contributed by atoms with Crippen molar-refractivity contribution in [1.82, 2.24) is 15.2 Å². The largest absolute Gasteiger partial charge is 0.374 e. The number of nitrogens with zero attached hydrogens (tertiary/aromatic N) is 2. The van der Waals surface area contributed by atoms with E-state index in [0.717, 1.165) is 30.5 Å². The number of hydrogen-bond acceptors (Lipinski definition) is 4. The molecule has 2 heterocycles. The third-order valence-corrected chi connectivity index (χ3v) is 4.84. The molecule has 0 aliphatic carbocycles. The van der Waals surface area contributed by atoms with Gasteiger partial charge < -0.3 is 15.4 Å². The van der Waals surface area contributed by atoms with Gasteiger partial charge in [-0.15, -0.1) is 0 Å². The quantitative estimate of drug-likeness (QED) is 0.717. The molecule has 0 bridgehead atoms. The Morgan fingerprint density at radius 3 is 2.86 bits per heavy atom. The van der Waals surface area contributed by atoms with Gasteiger partial charge in [0.2, 0.25) is 0 Å². The van der Waals surface area contributed by atoms with E-state index < -0.39 is 0 Å². The Morgan fingerprint density at radius 1 is 1.11 bits per heavy atom. The number of hydrogen-bond donors (Lipinski definition) is 2. The first kappa shape index (κ1) is 18.4. The van der Waals surface area contributed by atoms with E-state index in [9.17, 15) is 4.79 Å². The summed E-state index contributed by atoms with van der Waals surface area (Å²) in [6.07, 6.45) is 1.71. The van der Waals surface area contributed by atoms with E-state index in [1.54, 1.807) is 6.20 Å². The molecule has 28 heavy (non-hydrogen) atoms. The lowest BCUT2D eigenvalue weighted by Crippen LogP contribution is -2.47. The number of para-hydroxylation sites is 1. The molecule has 1 aliphatic heterocycles. The molecular weight excluding hydrogens is 352 g/mol. The molecule has 6 heteroatoms. The zero-order valence-corrected chi connectivity index (χ0v) is 15.7. The SMILES string of the molecule is O=C(NCC1CN(Cc2ccccc2)CCO1)Nc1cccc2cccnc12. The van der Waals surface area contributed by atoms with E-state index in [4.69, 9.17) is 4.74 Å². The summed E-state index contributed by atoms with van der Waals surface area (Å²) in [6, 6.07) is 19.8. The van der Waals surface area contributed by atoms with Crippen LogP contribution in [0.1, 0.15) is 5.56 Å². The number of carbonyl (C=O) groups is 1. The Labute approximate surface area is 164 Å². The molecule has 4 rings (SSSR count). The molecule has 2 N–H and O–H groups in total. The van der Waals surface area contributed by atoms with Crippen LogP contribution in [-0.4, -0.2) is 48.3 Å². The van der Waals surface area contributed by atoms with Crippen molar-refractivity contribution in [2.45, 2.75) is 12.6 Å². The summed E-state index contributed by atoms with van der Waals surface area (Å²) in [5, 5.41) is 6.81. The smallest absolute Gasteiger partial charge is 0.319 e. The van der Waals surface area contributed by atoms with Crippen molar-refractivity contribution in [3.8, 4) is 0 Å². The molecule has 1 aliphatic rings. The minimum atomic E-state index is -0.248. The lowest BCUT2D eigenvalue weighted by molar-refractivity contribution is -0.0285. The summed E-state index contributed by atoms with van der Waals surface area (Å²) in [6.45, 7) is 3.74. The summed E-state index contributed by atoms with van der Waals surface area (Å²) in [5.74, 6) is 0. The molecule has 2 aromatic carbocycles. The van der Waals surface area contributed by atoms with E-state index in [-0.39, 0.29) is 12.1 Å². The summed E-state index contributed by atoms with van der Waals surface area (Å²) < 4.78 is 5.82. The third-order valence-electron chi connectivity index (χ3n) is 4.84. The summed E-state index contributed by atoms with van der Waals surface area (Å²) in [4.78, 5) is 19.1. The molecule has 1 atom stereocenters. The van der Waals surface area contributed by atoms with Crippen molar-refractivity contribution in [3.63, 3.8) is 0 Å². The fraction of sp³-hybridized carbons (Fsp3) is 0.273. The van der Waals surface area contributed by atoms with Gasteiger partial charge in [-0.05, 0) is 17.7 Å². The topological polar surface area (TPSA) is 66.5 Å². The van der Waals surface area contributed by atoms with E-state index in [0.29, 0.717) is 18.8 Å². The molecule has 6 nitrogen and oxygen atoms in total. The molecule has 144 valence electrons. The van der Waals surface area contributed by atoms with Crippen LogP contribution >= 0.6 is 0 Å². The second-order valence-electron chi connectivity index (χ2n) is 6.93. The fourth-order valence-electron chi connectivity index (χ4n) is 3.47. The number of rotatable bonds is 5. The Bertz CT molecular complexity index is 927. The van der Waals surface area contributed by atoms with Gasteiger partial charge in [0.15, 0.2) is 0 Å². The molecule has 0 radical (unpaired) electrons. The fourth-order valence-corrected chi connectivity index (χ4v) is 3.47. The Kier molecular flexibility index (Phi) is 5.80. The normalized spacial score (nSPS) is 17.4. The summed E-state index contributed by atoms with van der Waals surface area (Å²) in [5.41, 5.74) is 2.77. The van der Waals surface area contributed by atoms with Gasteiger partial charge in [-0.2, -0.15) is 0 Å². The van der Waals surface area contributed by atoms with E-state index in [1.165, 1.54) is 5.56 Å². The highest BCUT2D eigenvalue weighted by Crippen LogP contribution is 2.20. The number of fused-ring (bicyclic) bond motifs is 1. The predicted octanol–water partition coefficient (Wildman–Crippen LogP) is 3.26. The van der Waals surface area contributed by atoms with Gasteiger partial charge in [0.25, 0.3) is 0 Å². The van der Waals surface area contributed by atoms with Crippen molar-refractivity contribution in [2.75, 3.05) is 31.6 Å². The van der Waals surface area contributed by atoms with Crippen LogP contribution in [-0.2, 0) is 11.3 Å². The van der Waals surface area contributed by atoms with Gasteiger partial charge in [0, 0.05) is 37.8 Å². The number of benzene rings is 2. The van der Waals surface area contributed by atoms with Gasteiger partial charge >= 0.3 is 6.03 Å². The number of morpholine rings is 1. The Balaban J connectivity index is 1.29. The van der Waals surface area contributed by atoms with Crippen LogP contribution in [0.15, 0.2) is 66.9 Å². The van der Waals surface area contributed by atoms with E-state index >= 15 is 0 Å². The maximum Gasteiger partial charge on any atom is 0.319 e. The first-order chi connectivity index (χ1) is 13.8. The second kappa shape index (κ2) is 8.82. The standard InChI is InChI=1S/C22H24N4O2/c27-22(25-20-10-4-8-18-9-5-11-23-21(18)20)24-14-19-16-26(12-13-28-19)15-17-6-2-1-3-7-17/h1-11,19H,12-16H2,(H2,24,25,27). The van der Waals surface area contributed by atoms with Crippen molar-refractivity contribution in [3.05, 3.63) is 72.4 Å². The van der Waals surface area contributed by atoms with Crippen LogP contribution in [0.4, 0.5) is 10.5 Å². The zero-order chi connectivity index (χ0) is 19.2. The van der Waals surface area contributed by atoms with Gasteiger partial charge in [0.05, 0.1) is 23.9 Å². The molecule has 1 fully saturated rings. The van der Waals surface area contributed by atoms with Crippen molar-refractivity contribution in [1.29, 1.82) is 0 Å². The van der Waals surface area contributed by atoms with E-state index in [2.05, 4.69) is 44.8 Å². The highest BCUT2D eigenvalue weighted by atomic mass is 16.5. The highest BCUT2D eigenvalue weighted by molar-refractivity contribution is 5.99. The van der Waals surface area contributed by atoms with Crippen LogP contribution in [0, 0.1) is 0 Å². The minimum absolute atomic E-state index is 0.0196. The molecule has 2 amide bonds. The molecule has 1 unspecified atom stereocenters. The average Bonchev–Trinajstić information content (AvgIpc) is 2.74. The number of carbonyl (C=O) groups excluding carboxylic acids is 1. The number of amides is 2. The van der Waals surface area contributed by atoms with Crippen LogP contribution in [0.3, 0.4) is 0 Å². The number of nitrogens with one attached hydrogen (secondary N) is 2. The number of pyridine rings is 1. The first-order valence-corrected chi connectivity index (χ1v) is 9.54. The van der Waals surface area contributed by atoms with Crippen molar-refractivity contribution < 1.29 is 9.53 Å². The van der Waals surface area contributed by atoms with Crippen molar-refractivity contribution >= 4 is 22.6 Å². The molecule has 1 aromatic heterocycles. The number of aromatic nitrogens is 1. The minimum Gasteiger partial charge on any atom is -0.374 e. The Hall–Kier alpha value is -2.96. The van der Waals surface area contributed by atoms with Crippen molar-refractivity contribution in [2.24, 2.45) is 0 Å². The lowest BCUT2D eigenvalue weighted by atomic mass is 10.2. The molecule has 1 saturated heterocycles. The van der Waals surface area contributed by atoms with Gasteiger partial charge in [-0.1, -0.05) is 48.5 Å². The highest BCUT2D eigenvalue weighted by Gasteiger charge is 2.21. The molecular formula is C22H24N4O2. The summed E-state index contributed by atoms with van der Waals surface area (Å²) >= 11 is 0. The Morgan fingerprint density at radius 2 is 1.96 bits per heavy atom.